The maximum atomic E-state index is 11.5. The number of esters is 1. The van der Waals surface area contributed by atoms with Crippen LogP contribution in [-0.2, 0) is 20.9 Å². The third kappa shape index (κ3) is 5.13. The van der Waals surface area contributed by atoms with E-state index in [-0.39, 0.29) is 13.0 Å². The van der Waals surface area contributed by atoms with Gasteiger partial charge in [0.05, 0.1) is 7.11 Å². The largest absolute Gasteiger partial charge is 0.467 e. The lowest BCUT2D eigenvalue weighted by molar-refractivity contribution is -0.142. The average Bonchev–Trinajstić information content (AvgIpc) is 2.45. The van der Waals surface area contributed by atoms with Gasteiger partial charge in [0.25, 0.3) is 0 Å². The Labute approximate surface area is 111 Å². The van der Waals surface area contributed by atoms with E-state index in [0.29, 0.717) is 0 Å². The van der Waals surface area contributed by atoms with E-state index in [0.717, 1.165) is 5.56 Å². The fourth-order valence-electron chi connectivity index (χ4n) is 1.36. The summed E-state index contributed by atoms with van der Waals surface area (Å²) in [6, 6.07) is 8.31. The average molecular weight is 261 g/mol. The highest BCUT2D eigenvalue weighted by Crippen LogP contribution is 2.01. The van der Waals surface area contributed by atoms with Crippen LogP contribution in [0.5, 0.6) is 0 Å². The minimum Gasteiger partial charge on any atom is -0.467 e. The van der Waals surface area contributed by atoms with Gasteiger partial charge < -0.3 is 14.8 Å². The van der Waals surface area contributed by atoms with Gasteiger partial charge in [-0.15, -0.1) is 12.3 Å². The number of carbonyl (C=O) groups excluding carboxylic acids is 2. The van der Waals surface area contributed by atoms with Crippen molar-refractivity contribution in [3.05, 3.63) is 35.9 Å². The van der Waals surface area contributed by atoms with Crippen molar-refractivity contribution >= 4 is 12.1 Å². The molecule has 0 spiro atoms. The molecule has 0 saturated heterocycles. The molecule has 0 fully saturated rings. The molecule has 5 nitrogen and oxygen atoms in total. The molecule has 1 N–H and O–H groups in total. The molecule has 1 aromatic rings. The minimum atomic E-state index is -0.890. The summed E-state index contributed by atoms with van der Waals surface area (Å²) in [6.07, 6.45) is 4.45. The van der Waals surface area contributed by atoms with Gasteiger partial charge in [0.1, 0.15) is 12.6 Å². The number of terminal acetylenes is 1. The van der Waals surface area contributed by atoms with Gasteiger partial charge in [-0.1, -0.05) is 30.3 Å². The molecule has 100 valence electrons. The molecule has 1 unspecified atom stereocenters. The van der Waals surface area contributed by atoms with Gasteiger partial charge in [0.15, 0.2) is 0 Å². The number of benzene rings is 1. The van der Waals surface area contributed by atoms with Gasteiger partial charge in [-0.3, -0.25) is 0 Å². The van der Waals surface area contributed by atoms with E-state index in [1.807, 2.05) is 30.3 Å². The molecule has 0 aliphatic carbocycles. The zero-order valence-electron chi connectivity index (χ0n) is 10.6. The smallest absolute Gasteiger partial charge is 0.408 e. The maximum Gasteiger partial charge on any atom is 0.408 e. The predicted molar refractivity (Wildman–Crippen MR) is 69.0 cm³/mol. The molecule has 5 heteroatoms. The van der Waals surface area contributed by atoms with Crippen molar-refractivity contribution in [2.75, 3.05) is 7.11 Å². The summed E-state index contributed by atoms with van der Waals surface area (Å²) < 4.78 is 9.50. The van der Waals surface area contributed by atoms with Crippen LogP contribution in [0, 0.1) is 12.3 Å². The highest BCUT2D eigenvalue weighted by molar-refractivity contribution is 5.81. The van der Waals surface area contributed by atoms with Crippen molar-refractivity contribution in [1.29, 1.82) is 0 Å². The number of alkyl carbamates (subject to hydrolysis) is 1. The number of rotatable bonds is 5. The third-order valence-electron chi connectivity index (χ3n) is 2.31. The van der Waals surface area contributed by atoms with Crippen LogP contribution in [0.15, 0.2) is 30.3 Å². The Morgan fingerprint density at radius 1 is 1.37 bits per heavy atom. The first-order valence-corrected chi connectivity index (χ1v) is 5.66. The van der Waals surface area contributed by atoms with Gasteiger partial charge in [0, 0.05) is 6.42 Å². The summed E-state index contributed by atoms with van der Waals surface area (Å²) >= 11 is 0. The SMILES string of the molecule is C#CCC(NC(=O)OCc1ccccc1)C(=O)OC. The molecule has 19 heavy (non-hydrogen) atoms. The molecule has 0 radical (unpaired) electrons. The molecule has 0 aliphatic heterocycles. The second kappa shape index (κ2) is 7.77. The molecule has 0 bridgehead atoms. The molecule has 1 amide bonds. The van der Waals surface area contributed by atoms with Gasteiger partial charge in [-0.05, 0) is 5.56 Å². The van der Waals surface area contributed by atoms with E-state index in [1.165, 1.54) is 7.11 Å². The van der Waals surface area contributed by atoms with Crippen molar-refractivity contribution in [2.45, 2.75) is 19.1 Å². The van der Waals surface area contributed by atoms with Gasteiger partial charge in [0.2, 0.25) is 0 Å². The van der Waals surface area contributed by atoms with Crippen LogP contribution >= 0.6 is 0 Å². The summed E-state index contributed by atoms with van der Waals surface area (Å²) in [5.74, 6) is 1.69. The predicted octanol–water partition coefficient (Wildman–Crippen LogP) is 1.48. The van der Waals surface area contributed by atoms with Crippen molar-refractivity contribution in [1.82, 2.24) is 5.32 Å². The Hall–Kier alpha value is -2.48. The van der Waals surface area contributed by atoms with Crippen molar-refractivity contribution in [3.63, 3.8) is 0 Å². The quantitative estimate of drug-likeness (QED) is 0.644. The van der Waals surface area contributed by atoms with Crippen LogP contribution in [0.25, 0.3) is 0 Å². The van der Waals surface area contributed by atoms with E-state index < -0.39 is 18.1 Å². The first-order chi connectivity index (χ1) is 9.17. The summed E-state index contributed by atoms with van der Waals surface area (Å²) in [5.41, 5.74) is 0.851. The highest BCUT2D eigenvalue weighted by Gasteiger charge is 2.20. The van der Waals surface area contributed by atoms with Crippen LogP contribution in [-0.4, -0.2) is 25.2 Å². The van der Waals surface area contributed by atoms with Crippen LogP contribution in [0.3, 0.4) is 0 Å². The molecule has 1 rings (SSSR count). The second-order valence-corrected chi connectivity index (χ2v) is 3.69. The minimum absolute atomic E-state index is 0.0487. The van der Waals surface area contributed by atoms with E-state index in [9.17, 15) is 9.59 Å². The zero-order valence-corrected chi connectivity index (χ0v) is 10.6. The van der Waals surface area contributed by atoms with Crippen LogP contribution in [0.1, 0.15) is 12.0 Å². The van der Waals surface area contributed by atoms with Crippen LogP contribution < -0.4 is 5.32 Å². The Balaban J connectivity index is 2.45. The van der Waals surface area contributed by atoms with Crippen molar-refractivity contribution in [2.24, 2.45) is 0 Å². The standard InChI is InChI=1S/C14H15NO4/c1-3-7-12(13(16)18-2)15-14(17)19-10-11-8-5-4-6-9-11/h1,4-6,8-9,12H,7,10H2,2H3,(H,15,17). The van der Waals surface area contributed by atoms with Gasteiger partial charge >= 0.3 is 12.1 Å². The third-order valence-corrected chi connectivity index (χ3v) is 2.31. The molecular formula is C14H15NO4. The van der Waals surface area contributed by atoms with Crippen LogP contribution in [0.2, 0.25) is 0 Å². The molecule has 0 aliphatic rings. The van der Waals surface area contributed by atoms with Crippen molar-refractivity contribution in [3.8, 4) is 12.3 Å². The van der Waals surface area contributed by atoms with Gasteiger partial charge in [-0.2, -0.15) is 0 Å². The molecule has 1 atom stereocenters. The topological polar surface area (TPSA) is 64.6 Å². The Kier molecular flexibility index (Phi) is 5.96. The number of amides is 1. The zero-order chi connectivity index (χ0) is 14.1. The normalized spacial score (nSPS) is 10.9. The van der Waals surface area contributed by atoms with E-state index in [2.05, 4.69) is 16.0 Å². The Bertz CT molecular complexity index is 464. The summed E-state index contributed by atoms with van der Waals surface area (Å²) in [5, 5.41) is 2.36. The highest BCUT2D eigenvalue weighted by atomic mass is 16.6. The van der Waals surface area contributed by atoms with E-state index in [4.69, 9.17) is 11.2 Å². The Morgan fingerprint density at radius 2 is 2.05 bits per heavy atom. The monoisotopic (exact) mass is 261 g/mol. The summed E-state index contributed by atoms with van der Waals surface area (Å²) in [4.78, 5) is 22.8. The lowest BCUT2D eigenvalue weighted by Crippen LogP contribution is -2.41. The summed E-state index contributed by atoms with van der Waals surface area (Å²) in [6.45, 7) is 0.122. The number of nitrogens with one attached hydrogen (secondary N) is 1. The molecule has 0 aromatic heterocycles. The maximum absolute atomic E-state index is 11.5. The first kappa shape index (κ1) is 14.6. The fourth-order valence-corrected chi connectivity index (χ4v) is 1.36. The van der Waals surface area contributed by atoms with Crippen LogP contribution in [0.4, 0.5) is 4.79 Å². The number of hydrogen-bond donors (Lipinski definition) is 1. The number of ether oxygens (including phenoxy) is 2. The molecule has 0 saturated carbocycles. The second-order valence-electron chi connectivity index (χ2n) is 3.69. The van der Waals surface area contributed by atoms with E-state index in [1.54, 1.807) is 0 Å². The molecule has 0 heterocycles. The lowest BCUT2D eigenvalue weighted by atomic mass is 10.2. The van der Waals surface area contributed by atoms with E-state index >= 15 is 0 Å². The number of hydrogen-bond acceptors (Lipinski definition) is 4. The lowest BCUT2D eigenvalue weighted by Gasteiger charge is -2.14. The Morgan fingerprint density at radius 3 is 2.63 bits per heavy atom. The van der Waals surface area contributed by atoms with Crippen molar-refractivity contribution < 1.29 is 19.1 Å². The number of methoxy groups -OCH3 is 1. The molecular weight excluding hydrogens is 246 g/mol. The first-order valence-electron chi connectivity index (χ1n) is 5.66. The summed E-state index contributed by atoms with van der Waals surface area (Å²) in [7, 11) is 1.23. The van der Waals surface area contributed by atoms with Gasteiger partial charge in [-0.25, -0.2) is 9.59 Å². The molecule has 1 aromatic carbocycles. The number of carbonyl (C=O) groups is 2. The fraction of sp³-hybridized carbons (Fsp3) is 0.286.